The van der Waals surface area contributed by atoms with Gasteiger partial charge in [0.1, 0.15) is 6.54 Å². The highest BCUT2D eigenvalue weighted by Gasteiger charge is 2.48. The van der Waals surface area contributed by atoms with Crippen LogP contribution in [-0.4, -0.2) is 44.5 Å². The molecule has 1 aliphatic rings. The lowest BCUT2D eigenvalue weighted by Crippen LogP contribution is -2.42. The van der Waals surface area contributed by atoms with Gasteiger partial charge in [0.05, 0.1) is 5.41 Å². The summed E-state index contributed by atoms with van der Waals surface area (Å²) in [6, 6.07) is 1.58. The Morgan fingerprint density at radius 3 is 2.71 bits per heavy atom. The largest absolute Gasteiger partial charge is 0.481 e. The molecule has 1 fully saturated rings. The van der Waals surface area contributed by atoms with Crippen LogP contribution in [0.15, 0.2) is 23.3 Å². The molecule has 0 bridgehead atoms. The number of rotatable bonds is 4. The summed E-state index contributed by atoms with van der Waals surface area (Å²) in [7, 11) is 0. The molecule has 7 nitrogen and oxygen atoms in total. The van der Waals surface area contributed by atoms with Crippen molar-refractivity contribution >= 4 is 11.9 Å². The zero-order chi connectivity index (χ0) is 15.6. The summed E-state index contributed by atoms with van der Waals surface area (Å²) >= 11 is 0. The van der Waals surface area contributed by atoms with Gasteiger partial charge in [-0.2, -0.15) is 0 Å². The fraction of sp³-hybridized carbons (Fsp3) is 0.571. The van der Waals surface area contributed by atoms with Gasteiger partial charge in [-0.15, -0.1) is 0 Å². The Kier molecular flexibility index (Phi) is 4.11. The summed E-state index contributed by atoms with van der Waals surface area (Å²) in [4.78, 5) is 40.4. The molecule has 0 radical (unpaired) electrons. The zero-order valence-electron chi connectivity index (χ0n) is 12.2. The number of likely N-dealkylation sites (tertiary alicyclic amines) is 1. The third-order valence-electron chi connectivity index (χ3n) is 4.27. The Labute approximate surface area is 122 Å². The van der Waals surface area contributed by atoms with E-state index in [1.165, 1.54) is 21.9 Å². The molecule has 21 heavy (non-hydrogen) atoms. The predicted molar refractivity (Wildman–Crippen MR) is 74.6 cm³/mol. The fourth-order valence-corrected chi connectivity index (χ4v) is 2.69. The lowest BCUT2D eigenvalue weighted by molar-refractivity contribution is -0.151. The minimum atomic E-state index is -0.893. The molecule has 2 rings (SSSR count). The summed E-state index contributed by atoms with van der Waals surface area (Å²) in [6.07, 6.45) is 3.30. The van der Waals surface area contributed by atoms with Crippen molar-refractivity contribution in [3.8, 4) is 0 Å². The van der Waals surface area contributed by atoms with Gasteiger partial charge in [0.15, 0.2) is 0 Å². The minimum Gasteiger partial charge on any atom is -0.481 e. The zero-order valence-corrected chi connectivity index (χ0v) is 12.2. The van der Waals surface area contributed by atoms with Gasteiger partial charge in [-0.25, -0.2) is 9.78 Å². The number of nitrogens with zero attached hydrogens (tertiary/aromatic N) is 3. The van der Waals surface area contributed by atoms with Crippen molar-refractivity contribution in [1.29, 1.82) is 0 Å². The SMILES string of the molecule is CC(C)C1(C(=O)O)CCN(C(=O)Cn2cccnc2=O)C1. The van der Waals surface area contributed by atoms with Crippen molar-refractivity contribution < 1.29 is 14.7 Å². The third kappa shape index (κ3) is 2.81. The normalized spacial score (nSPS) is 21.8. The molecule has 1 saturated heterocycles. The van der Waals surface area contributed by atoms with E-state index < -0.39 is 17.1 Å². The van der Waals surface area contributed by atoms with Crippen LogP contribution in [0.25, 0.3) is 0 Å². The Morgan fingerprint density at radius 2 is 2.19 bits per heavy atom. The molecule has 2 heterocycles. The van der Waals surface area contributed by atoms with E-state index in [2.05, 4.69) is 4.98 Å². The first-order valence-electron chi connectivity index (χ1n) is 6.89. The van der Waals surface area contributed by atoms with E-state index in [-0.39, 0.29) is 24.9 Å². The van der Waals surface area contributed by atoms with E-state index in [0.29, 0.717) is 13.0 Å². The number of amides is 1. The van der Waals surface area contributed by atoms with Crippen molar-refractivity contribution in [2.24, 2.45) is 11.3 Å². The Bertz CT molecular complexity index is 610. The molecule has 1 N–H and O–H groups in total. The van der Waals surface area contributed by atoms with E-state index in [0.717, 1.165) is 0 Å². The fourth-order valence-electron chi connectivity index (χ4n) is 2.69. The van der Waals surface area contributed by atoms with E-state index in [1.54, 1.807) is 6.07 Å². The van der Waals surface area contributed by atoms with Gasteiger partial charge in [0.25, 0.3) is 0 Å². The molecule has 1 aromatic rings. The van der Waals surface area contributed by atoms with Crippen molar-refractivity contribution in [2.75, 3.05) is 13.1 Å². The molecule has 0 saturated carbocycles. The molecule has 0 spiro atoms. The van der Waals surface area contributed by atoms with Crippen LogP contribution < -0.4 is 5.69 Å². The maximum absolute atomic E-state index is 12.2. The van der Waals surface area contributed by atoms with Gasteiger partial charge in [-0.1, -0.05) is 13.8 Å². The molecule has 7 heteroatoms. The Morgan fingerprint density at radius 1 is 1.48 bits per heavy atom. The second-order valence-electron chi connectivity index (χ2n) is 5.71. The van der Waals surface area contributed by atoms with Crippen LogP contribution in [0.2, 0.25) is 0 Å². The first kappa shape index (κ1) is 15.2. The molecular formula is C14H19N3O4. The van der Waals surface area contributed by atoms with Gasteiger partial charge in [0, 0.05) is 25.5 Å². The summed E-state index contributed by atoms with van der Waals surface area (Å²) < 4.78 is 1.22. The lowest BCUT2D eigenvalue weighted by Gasteiger charge is -2.28. The number of carbonyl (C=O) groups excluding carboxylic acids is 1. The lowest BCUT2D eigenvalue weighted by atomic mass is 9.76. The van der Waals surface area contributed by atoms with Gasteiger partial charge >= 0.3 is 11.7 Å². The van der Waals surface area contributed by atoms with Crippen LogP contribution in [-0.2, 0) is 16.1 Å². The van der Waals surface area contributed by atoms with Gasteiger partial charge in [-0.05, 0) is 18.4 Å². The number of carbonyl (C=O) groups is 2. The van der Waals surface area contributed by atoms with Crippen molar-refractivity contribution in [1.82, 2.24) is 14.5 Å². The second-order valence-corrected chi connectivity index (χ2v) is 5.71. The van der Waals surface area contributed by atoms with Crippen LogP contribution in [0.3, 0.4) is 0 Å². The van der Waals surface area contributed by atoms with E-state index >= 15 is 0 Å². The number of carboxylic acid groups (broad SMARTS) is 1. The molecular weight excluding hydrogens is 274 g/mol. The van der Waals surface area contributed by atoms with Crippen LogP contribution in [0, 0.1) is 11.3 Å². The third-order valence-corrected chi connectivity index (χ3v) is 4.27. The van der Waals surface area contributed by atoms with E-state index in [9.17, 15) is 19.5 Å². The van der Waals surface area contributed by atoms with E-state index in [4.69, 9.17) is 0 Å². The average Bonchev–Trinajstić information content (AvgIpc) is 2.88. The van der Waals surface area contributed by atoms with Gasteiger partial charge in [0.2, 0.25) is 5.91 Å². The Balaban J connectivity index is 2.11. The van der Waals surface area contributed by atoms with Crippen molar-refractivity contribution in [2.45, 2.75) is 26.8 Å². The maximum Gasteiger partial charge on any atom is 0.347 e. The Hall–Kier alpha value is -2.18. The molecule has 1 amide bonds. The highest BCUT2D eigenvalue weighted by atomic mass is 16.4. The number of hydrogen-bond acceptors (Lipinski definition) is 4. The van der Waals surface area contributed by atoms with Gasteiger partial charge < -0.3 is 10.0 Å². The van der Waals surface area contributed by atoms with Crippen LogP contribution >= 0.6 is 0 Å². The minimum absolute atomic E-state index is 0.0612. The molecule has 1 atom stereocenters. The summed E-state index contributed by atoms with van der Waals surface area (Å²) in [6.45, 7) is 4.19. The summed E-state index contributed by atoms with van der Waals surface area (Å²) in [5.41, 5.74) is -1.38. The molecule has 1 aliphatic heterocycles. The topological polar surface area (TPSA) is 92.5 Å². The quantitative estimate of drug-likeness (QED) is 0.856. The maximum atomic E-state index is 12.2. The predicted octanol–water partition coefficient (Wildman–Crippen LogP) is 0.203. The first-order chi connectivity index (χ1) is 9.86. The molecule has 1 unspecified atom stereocenters. The van der Waals surface area contributed by atoms with Crippen molar-refractivity contribution in [3.63, 3.8) is 0 Å². The highest BCUT2D eigenvalue weighted by molar-refractivity contribution is 5.80. The summed E-state index contributed by atoms with van der Waals surface area (Å²) in [5, 5.41) is 9.46. The summed E-state index contributed by atoms with van der Waals surface area (Å²) in [5.74, 6) is -1.19. The highest BCUT2D eigenvalue weighted by Crippen LogP contribution is 2.38. The van der Waals surface area contributed by atoms with Crippen LogP contribution in [0.4, 0.5) is 0 Å². The second kappa shape index (κ2) is 5.67. The molecule has 0 aromatic carbocycles. The molecule has 114 valence electrons. The van der Waals surface area contributed by atoms with E-state index in [1.807, 2.05) is 13.8 Å². The monoisotopic (exact) mass is 293 g/mol. The number of aliphatic carboxylic acids is 1. The number of aromatic nitrogens is 2. The first-order valence-corrected chi connectivity index (χ1v) is 6.89. The number of hydrogen-bond donors (Lipinski definition) is 1. The van der Waals surface area contributed by atoms with Gasteiger partial charge in [-0.3, -0.25) is 14.2 Å². The van der Waals surface area contributed by atoms with Crippen LogP contribution in [0.5, 0.6) is 0 Å². The number of carboxylic acids is 1. The molecule has 1 aromatic heterocycles. The molecule has 0 aliphatic carbocycles. The van der Waals surface area contributed by atoms with Crippen LogP contribution in [0.1, 0.15) is 20.3 Å². The smallest absolute Gasteiger partial charge is 0.347 e. The average molecular weight is 293 g/mol. The van der Waals surface area contributed by atoms with Crippen molar-refractivity contribution in [3.05, 3.63) is 28.9 Å². The standard InChI is InChI=1S/C14H19N3O4/c1-10(2)14(12(19)20)4-7-17(9-14)11(18)8-16-6-3-5-15-13(16)21/h3,5-6,10H,4,7-9H2,1-2H3,(H,19,20).